The number of nitrogens with zero attached hydrogens (tertiary/aromatic N) is 6. The van der Waals surface area contributed by atoms with E-state index in [2.05, 4.69) is 25.4 Å². The Morgan fingerprint density at radius 1 is 1.15 bits per heavy atom. The number of imidazole rings is 1. The van der Waals surface area contributed by atoms with E-state index >= 15 is 0 Å². The zero-order valence-corrected chi connectivity index (χ0v) is 18.3. The molecule has 2 aliphatic heterocycles. The molecule has 0 amide bonds. The third kappa shape index (κ3) is 4.52. The Bertz CT molecular complexity index is 1100. The van der Waals surface area contributed by atoms with Crippen LogP contribution in [0.2, 0.25) is 0 Å². The average molecular weight is 478 g/mol. The van der Waals surface area contributed by atoms with Gasteiger partial charge in [0.05, 0.1) is 18.0 Å². The number of nitrogens with one attached hydrogen (secondary N) is 1. The van der Waals surface area contributed by atoms with E-state index in [0.29, 0.717) is 10.8 Å². The number of hydrogen-bond acceptors (Lipinski definition) is 11. The first kappa shape index (κ1) is 22.4. The van der Waals surface area contributed by atoms with Gasteiger partial charge in [-0.25, -0.2) is 15.0 Å². The predicted octanol–water partition coefficient (Wildman–Crippen LogP) is 0.555. The summed E-state index contributed by atoms with van der Waals surface area (Å²) in [6.07, 6.45) is -0.631. The molecule has 0 saturated carbocycles. The van der Waals surface area contributed by atoms with Crippen molar-refractivity contribution in [2.24, 2.45) is 0 Å². The summed E-state index contributed by atoms with van der Waals surface area (Å²) in [7, 11) is 0. The molecule has 11 nitrogen and oxygen atoms in total. The fourth-order valence-electron chi connectivity index (χ4n) is 4.09. The molecule has 4 atom stereocenters. The van der Waals surface area contributed by atoms with Gasteiger partial charge in [0.25, 0.3) is 0 Å². The van der Waals surface area contributed by atoms with Crippen LogP contribution in [0, 0.1) is 6.08 Å². The smallest absolute Gasteiger partial charge is 0.312 e. The number of halogens is 1. The molecule has 3 aromatic heterocycles. The fraction of sp³-hybridized carbons (Fsp3) is 0.500. The molecule has 5 heterocycles. The number of fused-ring (bicyclic) bond motifs is 1. The van der Waals surface area contributed by atoms with Crippen molar-refractivity contribution < 1.29 is 24.4 Å². The number of thioether (sulfide) groups is 1. The number of rotatable bonds is 6. The van der Waals surface area contributed by atoms with Crippen LogP contribution in [0.4, 0.5) is 10.2 Å². The van der Waals surface area contributed by atoms with Crippen molar-refractivity contribution in [3.8, 4) is 0 Å². The van der Waals surface area contributed by atoms with Crippen LogP contribution in [0.25, 0.3) is 11.2 Å². The number of aliphatic hydroxyl groups excluding tert-OH is 3. The second kappa shape index (κ2) is 9.44. The number of piperidine rings is 1. The topological polar surface area (TPSA) is 142 Å². The lowest BCUT2D eigenvalue weighted by Gasteiger charge is -2.31. The largest absolute Gasteiger partial charge is 0.394 e. The third-order valence-corrected chi connectivity index (χ3v) is 7.10. The summed E-state index contributed by atoms with van der Waals surface area (Å²) in [4.78, 5) is 16.3. The highest BCUT2D eigenvalue weighted by atomic mass is 32.2. The lowest BCUT2D eigenvalue weighted by molar-refractivity contribution is -0.0511. The van der Waals surface area contributed by atoms with E-state index in [1.54, 1.807) is 18.0 Å². The summed E-state index contributed by atoms with van der Waals surface area (Å²) in [5.41, 5.74) is 3.56. The minimum Gasteiger partial charge on any atom is -0.394 e. The summed E-state index contributed by atoms with van der Waals surface area (Å²) in [5, 5.41) is 33.1. The van der Waals surface area contributed by atoms with Crippen molar-refractivity contribution in [1.29, 1.82) is 0 Å². The molecular weight excluding hydrogens is 453 g/mol. The lowest BCUT2D eigenvalue weighted by atomic mass is 10.1. The number of ether oxygens (including phenoxy) is 1. The van der Waals surface area contributed by atoms with Crippen molar-refractivity contribution >= 4 is 28.7 Å². The molecule has 5 rings (SSSR count). The van der Waals surface area contributed by atoms with E-state index in [0.717, 1.165) is 31.0 Å². The molecule has 2 fully saturated rings. The lowest BCUT2D eigenvalue weighted by Crippen LogP contribution is -2.39. The van der Waals surface area contributed by atoms with Gasteiger partial charge < -0.3 is 25.5 Å². The molecular formula is C20H24FN7O4S. The van der Waals surface area contributed by atoms with Gasteiger partial charge >= 0.3 is 6.08 Å². The van der Waals surface area contributed by atoms with Crippen LogP contribution in [0.5, 0.6) is 0 Å². The Kier molecular flexibility index (Phi) is 6.40. The zero-order valence-electron chi connectivity index (χ0n) is 17.5. The highest BCUT2D eigenvalue weighted by Crippen LogP contribution is 2.33. The quantitative estimate of drug-likeness (QED) is 0.370. The molecule has 0 spiro atoms. The van der Waals surface area contributed by atoms with Crippen molar-refractivity contribution in [2.45, 2.75) is 47.7 Å². The minimum absolute atomic E-state index is 0.112. The Morgan fingerprint density at radius 3 is 2.67 bits per heavy atom. The number of aromatic nitrogens is 5. The summed E-state index contributed by atoms with van der Waals surface area (Å²) < 4.78 is 21.2. The van der Waals surface area contributed by atoms with E-state index in [1.165, 1.54) is 10.9 Å². The van der Waals surface area contributed by atoms with E-state index in [4.69, 9.17) is 4.74 Å². The molecule has 176 valence electrons. The maximum atomic E-state index is 14.3. The van der Waals surface area contributed by atoms with Gasteiger partial charge in [0, 0.05) is 24.5 Å². The molecule has 0 aromatic carbocycles. The molecule has 2 saturated heterocycles. The van der Waals surface area contributed by atoms with Crippen LogP contribution in [0.1, 0.15) is 19.1 Å². The fourth-order valence-corrected chi connectivity index (χ4v) is 5.15. The SMILES string of the molecule is OC[C@H]1O[C@@H](n2cnc3c(NN4CCC(Sc5ccccn5)CC4)nc(F)nc32)C(O)C1O. The molecule has 33 heavy (non-hydrogen) atoms. The molecule has 0 aliphatic carbocycles. The predicted molar refractivity (Wildman–Crippen MR) is 117 cm³/mol. The number of hydrazine groups is 1. The Hall–Kier alpha value is -2.42. The van der Waals surface area contributed by atoms with Crippen LogP contribution >= 0.6 is 11.8 Å². The van der Waals surface area contributed by atoms with Crippen LogP contribution in [-0.4, -0.2) is 88.1 Å². The number of hydrogen-bond donors (Lipinski definition) is 4. The standard InChI is InChI=1S/C20H24FN7O4S/c21-20-24-17(26-27-7-4-11(5-8-27)33-13-3-1-2-6-22-13)14-18(25-20)28(10-23-14)19-16(31)15(30)12(9-29)32-19/h1-3,6,10-12,15-16,19,29-31H,4-5,7-9H2,(H,24,25,26)/t12-,15?,16?,19-/m1/s1. The summed E-state index contributed by atoms with van der Waals surface area (Å²) in [5.74, 6) is 0.207. The van der Waals surface area contributed by atoms with Gasteiger partial charge in [0.15, 0.2) is 23.2 Å². The Labute approximate surface area is 192 Å². The number of aliphatic hydroxyl groups is 3. The van der Waals surface area contributed by atoms with Gasteiger partial charge in [-0.05, 0) is 25.0 Å². The highest BCUT2D eigenvalue weighted by Gasteiger charge is 2.44. The van der Waals surface area contributed by atoms with Crippen molar-refractivity contribution in [3.05, 3.63) is 36.8 Å². The van der Waals surface area contributed by atoms with E-state index in [-0.39, 0.29) is 11.5 Å². The summed E-state index contributed by atoms with van der Waals surface area (Å²) in [6, 6.07) is 5.87. The van der Waals surface area contributed by atoms with Crippen molar-refractivity contribution in [3.63, 3.8) is 0 Å². The monoisotopic (exact) mass is 477 g/mol. The molecule has 0 bridgehead atoms. The van der Waals surface area contributed by atoms with E-state index in [9.17, 15) is 19.7 Å². The van der Waals surface area contributed by atoms with Crippen LogP contribution in [0.3, 0.4) is 0 Å². The first-order valence-electron chi connectivity index (χ1n) is 10.7. The van der Waals surface area contributed by atoms with Crippen LogP contribution in [-0.2, 0) is 4.74 Å². The first-order chi connectivity index (χ1) is 16.0. The van der Waals surface area contributed by atoms with E-state index in [1.807, 2.05) is 23.2 Å². The normalized spacial score (nSPS) is 26.8. The minimum atomic E-state index is -1.33. The van der Waals surface area contributed by atoms with E-state index < -0.39 is 37.2 Å². The number of pyridine rings is 1. The van der Waals surface area contributed by atoms with Crippen molar-refractivity contribution in [2.75, 3.05) is 25.1 Å². The molecule has 2 aliphatic rings. The second-order valence-corrected chi connectivity index (χ2v) is 9.30. The Balaban J connectivity index is 1.30. The van der Waals surface area contributed by atoms with Gasteiger partial charge in [-0.2, -0.15) is 14.4 Å². The molecule has 13 heteroatoms. The van der Waals surface area contributed by atoms with Crippen LogP contribution in [0.15, 0.2) is 35.7 Å². The first-order valence-corrected chi connectivity index (χ1v) is 11.5. The van der Waals surface area contributed by atoms with Gasteiger partial charge in [-0.3, -0.25) is 4.57 Å². The molecule has 4 N–H and O–H groups in total. The van der Waals surface area contributed by atoms with Gasteiger partial charge in [-0.1, -0.05) is 6.07 Å². The Morgan fingerprint density at radius 2 is 1.97 bits per heavy atom. The maximum Gasteiger partial charge on any atom is 0.312 e. The van der Waals surface area contributed by atoms with Gasteiger partial charge in [0.1, 0.15) is 18.3 Å². The second-order valence-electron chi connectivity index (χ2n) is 7.98. The highest BCUT2D eigenvalue weighted by molar-refractivity contribution is 7.99. The number of anilines is 1. The third-order valence-electron chi connectivity index (χ3n) is 5.82. The average Bonchev–Trinajstić information content (AvgIpc) is 3.36. The zero-order chi connectivity index (χ0) is 22.9. The van der Waals surface area contributed by atoms with Gasteiger partial charge in [-0.15, -0.1) is 11.8 Å². The molecule has 2 unspecified atom stereocenters. The van der Waals surface area contributed by atoms with Crippen LogP contribution < -0.4 is 5.43 Å². The summed E-state index contributed by atoms with van der Waals surface area (Å²) in [6.45, 7) is 0.992. The molecule has 3 aromatic rings. The maximum absolute atomic E-state index is 14.3. The van der Waals surface area contributed by atoms with Gasteiger partial charge in [0.2, 0.25) is 0 Å². The molecule has 0 radical (unpaired) electrons. The summed E-state index contributed by atoms with van der Waals surface area (Å²) >= 11 is 1.75. The van der Waals surface area contributed by atoms with Crippen molar-refractivity contribution in [1.82, 2.24) is 29.5 Å².